The maximum Gasteiger partial charge on any atom is 0.211 e. The average molecular weight is 298 g/mol. The molecular weight excluding hydrogens is 279 g/mol. The molecule has 0 saturated heterocycles. The second kappa shape index (κ2) is 81.4. The van der Waals surface area contributed by atoms with Crippen LogP contribution < -0.4 is 0 Å². The fourth-order valence-corrected chi connectivity index (χ4v) is 0. The lowest BCUT2D eigenvalue weighted by atomic mass is 11.0. The monoisotopic (exact) mass is 296 g/mol. The Hall–Kier alpha value is 2.51. The van der Waals surface area contributed by atoms with E-state index < -0.39 is 0 Å². The van der Waals surface area contributed by atoms with Crippen molar-refractivity contribution in [2.75, 3.05) is 0 Å². The largest absolute Gasteiger partial charge is 0.211 e. The Kier molecular flexibility index (Phi) is 369. The van der Waals surface area contributed by atoms with E-state index in [0.717, 1.165) is 0 Å². The highest BCUT2D eigenvalue weighted by molar-refractivity contribution is 6.08. The molecule has 0 bridgehead atoms. The fourth-order valence-electron chi connectivity index (χ4n) is 0. The summed E-state index contributed by atoms with van der Waals surface area (Å²) in [6.07, 6.45) is 0. The van der Waals surface area contributed by atoms with Crippen molar-refractivity contribution in [1.82, 2.24) is 0 Å². The van der Waals surface area contributed by atoms with Crippen LogP contribution in [0.5, 0.6) is 0 Å². The minimum absolute atomic E-state index is 0. The van der Waals surface area contributed by atoms with Crippen LogP contribution in [0.4, 0.5) is 0 Å². The first-order chi connectivity index (χ1) is 2.83. The van der Waals surface area contributed by atoms with E-state index in [4.69, 9.17) is 0 Å². The molecule has 76 valence electrons. The van der Waals surface area contributed by atoms with Gasteiger partial charge in [0, 0.05) is 0 Å². The Morgan fingerprint density at radius 2 is 0.636 bits per heavy atom. The number of hydrogen-bond donors (Lipinski definition) is 0. The van der Waals surface area contributed by atoms with Gasteiger partial charge < -0.3 is 0 Å². The van der Waals surface area contributed by atoms with Gasteiger partial charge in [0.05, 0.1) is 0 Å². The lowest BCUT2D eigenvalue weighted by Gasteiger charge is -1.44. The van der Waals surface area contributed by atoms with Crippen molar-refractivity contribution in [2.45, 2.75) is 24.4 Å². The summed E-state index contributed by atoms with van der Waals surface area (Å²) in [5.41, 5.74) is 0. The maximum atomic E-state index is 2.19. The molecule has 0 spiro atoms. The van der Waals surface area contributed by atoms with E-state index in [1.165, 1.54) is 43.1 Å². The van der Waals surface area contributed by atoms with Gasteiger partial charge >= 0.3 is 0 Å². The van der Waals surface area contributed by atoms with Gasteiger partial charge in [0.2, 0.25) is 32.6 Å². The summed E-state index contributed by atoms with van der Waals surface area (Å²) >= 11 is 2.74. The quantitative estimate of drug-likeness (QED) is 0.602. The highest BCUT2D eigenvalue weighted by Crippen LogP contribution is 1.49. The van der Waals surface area contributed by atoms with Crippen LogP contribution in [0.15, 0.2) is 0 Å². The minimum atomic E-state index is 0. The second-order valence-electron chi connectivity index (χ2n) is 1.41. The Balaban J connectivity index is -0.00000000400. The molecule has 0 atom stereocenters. The highest BCUT2D eigenvalue weighted by Gasteiger charge is 1.41. The van der Waals surface area contributed by atoms with Crippen molar-refractivity contribution in [3.05, 3.63) is 0 Å². The molecular formula is C4H19Al2Cl5. The first kappa shape index (κ1) is 49.9. The molecule has 0 aliphatic heterocycles. The number of hydrogen-bond acceptors (Lipinski definition) is 0. The van der Waals surface area contributed by atoms with Gasteiger partial charge in [-0.25, -0.2) is 0 Å². The van der Waals surface area contributed by atoms with Crippen LogP contribution in [0.2, 0.25) is 10.6 Å². The van der Waals surface area contributed by atoms with E-state index in [-0.39, 0.29) is 62.0 Å². The van der Waals surface area contributed by atoms with Crippen molar-refractivity contribution >= 4 is 94.6 Å². The standard InChI is InChI=1S/2C2H5.2Al.5ClH.4H/c2*1-2;;;;;;;;;;;/h2*1H2,2H3;;;5*1H;;;;. The third-order valence-corrected chi connectivity index (χ3v) is 0. The molecule has 0 aromatic rings. The van der Waals surface area contributed by atoms with Gasteiger partial charge in [0.1, 0.15) is 0 Å². The molecule has 11 heavy (non-hydrogen) atoms. The van der Waals surface area contributed by atoms with Gasteiger partial charge in [-0.3, -0.25) is 0 Å². The molecule has 0 radical (unpaired) electrons. The first-order valence-electron chi connectivity index (χ1n) is 2.83. The van der Waals surface area contributed by atoms with Gasteiger partial charge in [-0.2, -0.15) is 0 Å². The van der Waals surface area contributed by atoms with E-state index in [0.29, 0.717) is 0 Å². The van der Waals surface area contributed by atoms with Crippen LogP contribution in [-0.2, 0) is 0 Å². The predicted molar refractivity (Wildman–Crippen MR) is 74.3 cm³/mol. The Morgan fingerprint density at radius 3 is 0.636 bits per heavy atom. The van der Waals surface area contributed by atoms with Gasteiger partial charge in [-0.05, 0) is 0 Å². The van der Waals surface area contributed by atoms with Crippen molar-refractivity contribution in [3.63, 3.8) is 0 Å². The molecule has 0 aromatic carbocycles. The second-order valence-corrected chi connectivity index (χ2v) is 4.24. The normalized spacial score (nSPS) is 3.09. The van der Waals surface area contributed by atoms with Crippen LogP contribution in [0, 0.1) is 0 Å². The van der Waals surface area contributed by atoms with E-state index in [1.54, 1.807) is 0 Å². The van der Waals surface area contributed by atoms with Crippen LogP contribution in [0.25, 0.3) is 0 Å². The zero-order valence-electron chi connectivity index (χ0n) is 7.46. The van der Waals surface area contributed by atoms with Crippen molar-refractivity contribution in [2.24, 2.45) is 0 Å². The summed E-state index contributed by atoms with van der Waals surface area (Å²) in [5.74, 6) is 0. The van der Waals surface area contributed by atoms with Crippen LogP contribution >= 0.6 is 62.0 Å². The first-order valence-corrected chi connectivity index (χ1v) is 5.66. The molecule has 0 heterocycles. The summed E-state index contributed by atoms with van der Waals surface area (Å²) in [5, 5.41) is 2.78. The summed E-state index contributed by atoms with van der Waals surface area (Å²) in [7, 11) is 0. The summed E-state index contributed by atoms with van der Waals surface area (Å²) in [4.78, 5) is 0. The Morgan fingerprint density at radius 1 is 0.636 bits per heavy atom. The van der Waals surface area contributed by atoms with Gasteiger partial charge in [0.15, 0.2) is 0 Å². The van der Waals surface area contributed by atoms with E-state index in [1.807, 2.05) is 0 Å². The molecule has 0 unspecified atom stereocenters. The summed E-state index contributed by atoms with van der Waals surface area (Å²) in [6, 6.07) is 0. The molecule has 0 rings (SSSR count). The fraction of sp³-hybridized carbons (Fsp3) is 1.00. The van der Waals surface area contributed by atoms with Crippen LogP contribution in [-0.4, -0.2) is 32.6 Å². The molecule has 7 heteroatoms. The van der Waals surface area contributed by atoms with Gasteiger partial charge in [-0.1, -0.05) is 13.8 Å². The van der Waals surface area contributed by atoms with Crippen LogP contribution in [0.3, 0.4) is 0 Å². The molecule has 0 fully saturated rings. The lowest BCUT2D eigenvalue weighted by Crippen LogP contribution is -1.41. The molecule has 0 aliphatic rings. The third-order valence-electron chi connectivity index (χ3n) is 0. The summed E-state index contributed by atoms with van der Waals surface area (Å²) in [6.45, 7) is 4.37. The third kappa shape index (κ3) is 219. The van der Waals surface area contributed by atoms with Crippen molar-refractivity contribution in [1.29, 1.82) is 0 Å². The molecule has 0 nitrogen and oxygen atoms in total. The average Bonchev–Trinajstić information content (AvgIpc) is 1.39. The van der Waals surface area contributed by atoms with E-state index in [9.17, 15) is 0 Å². The van der Waals surface area contributed by atoms with E-state index in [2.05, 4.69) is 13.8 Å². The topological polar surface area (TPSA) is 0 Å². The highest BCUT2D eigenvalue weighted by atomic mass is 35.5. The zero-order valence-corrected chi connectivity index (χ0v) is 15.5. The molecule has 0 aliphatic carbocycles. The Bertz CT molecular complexity index is 18.4. The predicted octanol–water partition coefficient (Wildman–Crippen LogP) is 2.22. The number of halogens is 5. The smallest absolute Gasteiger partial charge is 0.147 e. The molecule has 0 aromatic heterocycles. The maximum absolute atomic E-state index is 2.19. The van der Waals surface area contributed by atoms with Crippen LogP contribution in [0.1, 0.15) is 13.8 Å². The SMILES string of the molecule is C[CH2][AlH2].C[CH2][AlH2].Cl.Cl.Cl.Cl.Cl. The van der Waals surface area contributed by atoms with Gasteiger partial charge in [-0.15, -0.1) is 72.6 Å². The van der Waals surface area contributed by atoms with Gasteiger partial charge in [0.25, 0.3) is 0 Å². The van der Waals surface area contributed by atoms with Crippen molar-refractivity contribution in [3.8, 4) is 0 Å². The lowest BCUT2D eigenvalue weighted by molar-refractivity contribution is 1.48. The number of rotatable bonds is 0. The Labute approximate surface area is 118 Å². The molecule has 0 N–H and O–H groups in total. The van der Waals surface area contributed by atoms with Crippen molar-refractivity contribution < 1.29 is 0 Å². The molecule has 0 saturated carbocycles. The minimum Gasteiger partial charge on any atom is -0.147 e. The summed E-state index contributed by atoms with van der Waals surface area (Å²) < 4.78 is 0. The molecule has 0 amide bonds. The van der Waals surface area contributed by atoms with E-state index >= 15 is 0 Å². The zero-order chi connectivity index (χ0) is 5.41.